The molecule has 1 unspecified atom stereocenters. The third kappa shape index (κ3) is 4.96. The Labute approximate surface area is 87.4 Å². The van der Waals surface area contributed by atoms with E-state index in [0.29, 0.717) is 6.42 Å². The van der Waals surface area contributed by atoms with Crippen molar-refractivity contribution < 1.29 is 13.5 Å². The van der Waals surface area contributed by atoms with Crippen molar-refractivity contribution in [3.05, 3.63) is 0 Å². The molecule has 0 rings (SSSR count). The molecule has 0 spiro atoms. The quantitative estimate of drug-likeness (QED) is 0.712. The lowest BCUT2D eigenvalue weighted by Crippen LogP contribution is -2.20. The molecule has 0 bridgehead atoms. The highest BCUT2D eigenvalue weighted by Crippen LogP contribution is 2.13. The highest BCUT2D eigenvalue weighted by Gasteiger charge is 2.18. The van der Waals surface area contributed by atoms with Crippen LogP contribution in [-0.4, -0.2) is 31.1 Å². The lowest BCUT2D eigenvalue weighted by atomic mass is 10.0. The average molecular weight is 222 g/mol. The van der Waals surface area contributed by atoms with Gasteiger partial charge in [0, 0.05) is 6.61 Å². The Morgan fingerprint density at radius 1 is 1.21 bits per heavy atom. The first-order valence-electron chi connectivity index (χ1n) is 5.26. The lowest BCUT2D eigenvalue weighted by molar-refractivity contribution is 0.214. The van der Waals surface area contributed by atoms with Gasteiger partial charge in [0.05, 0.1) is 11.0 Å². The van der Waals surface area contributed by atoms with Crippen molar-refractivity contribution in [2.24, 2.45) is 5.92 Å². The second kappa shape index (κ2) is 6.40. The standard InChI is InChI=1S/C10H22O3S/c1-4-5-10(8-11)6-7-14(12,13)9(2)3/h9-11H,4-8H2,1-3H3. The molecule has 3 nitrogen and oxygen atoms in total. The minimum absolute atomic E-state index is 0.0987. The van der Waals surface area contributed by atoms with Crippen molar-refractivity contribution in [2.45, 2.75) is 45.3 Å². The molecule has 14 heavy (non-hydrogen) atoms. The van der Waals surface area contributed by atoms with Crippen molar-refractivity contribution >= 4 is 9.84 Å². The highest BCUT2D eigenvalue weighted by atomic mass is 32.2. The largest absolute Gasteiger partial charge is 0.396 e. The van der Waals surface area contributed by atoms with Gasteiger partial charge in [0.15, 0.2) is 9.84 Å². The van der Waals surface area contributed by atoms with Crippen LogP contribution in [0.2, 0.25) is 0 Å². The van der Waals surface area contributed by atoms with Crippen LogP contribution < -0.4 is 0 Å². The molecule has 0 aliphatic carbocycles. The summed E-state index contributed by atoms with van der Waals surface area (Å²) < 4.78 is 22.9. The summed E-state index contributed by atoms with van der Waals surface area (Å²) in [5.74, 6) is 0.351. The van der Waals surface area contributed by atoms with Crippen LogP contribution in [0.25, 0.3) is 0 Å². The molecule has 0 saturated heterocycles. The number of sulfone groups is 1. The summed E-state index contributed by atoms with van der Waals surface area (Å²) in [5, 5.41) is 8.70. The van der Waals surface area contributed by atoms with E-state index in [-0.39, 0.29) is 23.5 Å². The van der Waals surface area contributed by atoms with Gasteiger partial charge in [-0.1, -0.05) is 13.3 Å². The van der Waals surface area contributed by atoms with Crippen LogP contribution in [0.1, 0.15) is 40.0 Å². The topological polar surface area (TPSA) is 54.4 Å². The van der Waals surface area contributed by atoms with E-state index in [9.17, 15) is 8.42 Å². The summed E-state index contributed by atoms with van der Waals surface area (Å²) in [6, 6.07) is 0. The van der Waals surface area contributed by atoms with Crippen LogP contribution in [0.15, 0.2) is 0 Å². The fourth-order valence-electron chi connectivity index (χ4n) is 1.30. The number of hydrogen-bond acceptors (Lipinski definition) is 3. The normalized spacial score (nSPS) is 14.6. The molecule has 0 aliphatic rings. The van der Waals surface area contributed by atoms with E-state index in [4.69, 9.17) is 5.11 Å². The predicted molar refractivity (Wildman–Crippen MR) is 59.0 cm³/mol. The molecule has 1 atom stereocenters. The Morgan fingerprint density at radius 3 is 2.14 bits per heavy atom. The maximum Gasteiger partial charge on any atom is 0.152 e. The minimum Gasteiger partial charge on any atom is -0.396 e. The smallest absolute Gasteiger partial charge is 0.152 e. The lowest BCUT2D eigenvalue weighted by Gasteiger charge is -2.14. The van der Waals surface area contributed by atoms with Gasteiger partial charge in [0.25, 0.3) is 0 Å². The van der Waals surface area contributed by atoms with Gasteiger partial charge in [-0.05, 0) is 32.6 Å². The second-order valence-electron chi connectivity index (χ2n) is 4.04. The van der Waals surface area contributed by atoms with Crippen LogP contribution >= 0.6 is 0 Å². The maximum absolute atomic E-state index is 11.5. The third-order valence-electron chi connectivity index (χ3n) is 2.48. The zero-order valence-corrected chi connectivity index (χ0v) is 10.2. The van der Waals surface area contributed by atoms with Gasteiger partial charge in [-0.3, -0.25) is 0 Å². The average Bonchev–Trinajstić information content (AvgIpc) is 2.12. The molecule has 0 radical (unpaired) electrons. The molecule has 86 valence electrons. The number of aliphatic hydroxyl groups is 1. The number of hydrogen-bond donors (Lipinski definition) is 1. The molecule has 0 aromatic rings. The first-order chi connectivity index (χ1) is 6.44. The number of rotatable bonds is 7. The molecular formula is C10H22O3S. The summed E-state index contributed by atoms with van der Waals surface area (Å²) in [6.45, 7) is 5.53. The van der Waals surface area contributed by atoms with Crippen molar-refractivity contribution in [3.8, 4) is 0 Å². The Morgan fingerprint density at radius 2 is 1.79 bits per heavy atom. The van der Waals surface area contributed by atoms with Crippen molar-refractivity contribution in [1.82, 2.24) is 0 Å². The fourth-order valence-corrected chi connectivity index (χ4v) is 2.44. The molecule has 4 heteroatoms. The zero-order valence-electron chi connectivity index (χ0n) is 9.36. The fraction of sp³-hybridized carbons (Fsp3) is 1.00. The summed E-state index contributed by atoms with van der Waals surface area (Å²) in [4.78, 5) is 0. The van der Waals surface area contributed by atoms with Crippen LogP contribution in [0.4, 0.5) is 0 Å². The first kappa shape index (κ1) is 13.9. The molecule has 0 fully saturated rings. The van der Waals surface area contributed by atoms with Crippen LogP contribution in [0, 0.1) is 5.92 Å². The Balaban J connectivity index is 4.03. The Hall–Kier alpha value is -0.0900. The predicted octanol–water partition coefficient (Wildman–Crippen LogP) is 1.61. The molecule has 1 N–H and O–H groups in total. The molecule has 0 aromatic carbocycles. The van der Waals surface area contributed by atoms with Gasteiger partial charge >= 0.3 is 0 Å². The molecular weight excluding hydrogens is 200 g/mol. The van der Waals surface area contributed by atoms with E-state index < -0.39 is 9.84 Å². The summed E-state index contributed by atoms with van der Waals surface area (Å²) in [6.07, 6.45) is 2.49. The maximum atomic E-state index is 11.5. The van der Waals surface area contributed by atoms with E-state index in [1.807, 2.05) is 6.92 Å². The Bertz CT molecular complexity index is 232. The van der Waals surface area contributed by atoms with E-state index in [2.05, 4.69) is 0 Å². The first-order valence-corrected chi connectivity index (χ1v) is 6.98. The number of aliphatic hydroxyl groups excluding tert-OH is 1. The SMILES string of the molecule is CCCC(CO)CCS(=O)(=O)C(C)C. The minimum atomic E-state index is -2.93. The molecule has 0 aromatic heterocycles. The van der Waals surface area contributed by atoms with E-state index in [1.54, 1.807) is 13.8 Å². The second-order valence-corrected chi connectivity index (χ2v) is 6.72. The van der Waals surface area contributed by atoms with Crippen molar-refractivity contribution in [3.63, 3.8) is 0 Å². The molecule has 0 aliphatic heterocycles. The van der Waals surface area contributed by atoms with Gasteiger partial charge in [0.1, 0.15) is 0 Å². The summed E-state index contributed by atoms with van der Waals surface area (Å²) >= 11 is 0. The van der Waals surface area contributed by atoms with Crippen LogP contribution in [0.3, 0.4) is 0 Å². The zero-order chi connectivity index (χ0) is 11.2. The van der Waals surface area contributed by atoms with Crippen LogP contribution in [0.5, 0.6) is 0 Å². The van der Waals surface area contributed by atoms with Gasteiger partial charge in [-0.2, -0.15) is 0 Å². The van der Waals surface area contributed by atoms with Gasteiger partial charge < -0.3 is 5.11 Å². The van der Waals surface area contributed by atoms with E-state index in [0.717, 1.165) is 12.8 Å². The van der Waals surface area contributed by atoms with E-state index >= 15 is 0 Å². The molecule has 0 heterocycles. The van der Waals surface area contributed by atoms with Gasteiger partial charge in [-0.15, -0.1) is 0 Å². The summed E-state index contributed by atoms with van der Waals surface area (Å²) in [5.41, 5.74) is 0. The highest BCUT2D eigenvalue weighted by molar-refractivity contribution is 7.91. The van der Waals surface area contributed by atoms with Gasteiger partial charge in [0.2, 0.25) is 0 Å². The van der Waals surface area contributed by atoms with Crippen molar-refractivity contribution in [2.75, 3.05) is 12.4 Å². The van der Waals surface area contributed by atoms with E-state index in [1.165, 1.54) is 0 Å². The monoisotopic (exact) mass is 222 g/mol. The molecule has 0 saturated carbocycles. The Kier molecular flexibility index (Phi) is 6.36. The van der Waals surface area contributed by atoms with Crippen molar-refractivity contribution in [1.29, 1.82) is 0 Å². The summed E-state index contributed by atoms with van der Waals surface area (Å²) in [7, 11) is -2.93. The third-order valence-corrected chi connectivity index (χ3v) is 4.73. The van der Waals surface area contributed by atoms with Gasteiger partial charge in [-0.25, -0.2) is 8.42 Å². The molecule has 0 amide bonds. The van der Waals surface area contributed by atoms with Crippen LogP contribution in [-0.2, 0) is 9.84 Å².